The molecule has 1 fully saturated rings. The summed E-state index contributed by atoms with van der Waals surface area (Å²) >= 11 is 0. The average molecular weight is 721 g/mol. The number of rotatable bonds is 30. The highest BCUT2D eigenvalue weighted by Gasteiger charge is 2.44. The van der Waals surface area contributed by atoms with Crippen LogP contribution in [0.2, 0.25) is 0 Å². The van der Waals surface area contributed by atoms with Crippen molar-refractivity contribution in [1.82, 2.24) is 0 Å². The van der Waals surface area contributed by atoms with E-state index < -0.39 is 55.4 Å². The van der Waals surface area contributed by atoms with Crippen molar-refractivity contribution in [3.8, 4) is 0 Å². The number of hydrogen-bond acceptors (Lipinski definition) is 10. The van der Waals surface area contributed by atoms with E-state index in [4.69, 9.17) is 18.9 Å². The zero-order valence-electron chi connectivity index (χ0n) is 31.3. The Kier molecular flexibility index (Phi) is 29.2. The van der Waals surface area contributed by atoms with E-state index in [2.05, 4.69) is 62.5 Å². The second kappa shape index (κ2) is 32.1. The van der Waals surface area contributed by atoms with Crippen LogP contribution in [-0.2, 0) is 28.5 Å². The fourth-order valence-electron chi connectivity index (χ4n) is 5.31. The Morgan fingerprint density at radius 3 is 1.82 bits per heavy atom. The topological polar surface area (TPSA) is 152 Å². The second-order valence-electron chi connectivity index (χ2n) is 13.0. The smallest absolute Gasteiger partial charge is 0.306 e. The molecular weight excluding hydrogens is 652 g/mol. The molecule has 10 nitrogen and oxygen atoms in total. The highest BCUT2D eigenvalue weighted by atomic mass is 16.7. The quantitative estimate of drug-likeness (QED) is 0.0344. The predicted molar refractivity (Wildman–Crippen MR) is 201 cm³/mol. The van der Waals surface area contributed by atoms with Gasteiger partial charge in [0, 0.05) is 12.8 Å². The van der Waals surface area contributed by atoms with Crippen molar-refractivity contribution in [2.45, 2.75) is 166 Å². The summed E-state index contributed by atoms with van der Waals surface area (Å²) in [6.45, 7) is 3.17. The van der Waals surface area contributed by atoms with Crippen molar-refractivity contribution >= 4 is 11.9 Å². The van der Waals surface area contributed by atoms with Gasteiger partial charge in [-0.3, -0.25) is 9.59 Å². The molecule has 0 spiro atoms. The van der Waals surface area contributed by atoms with Gasteiger partial charge in [0.25, 0.3) is 0 Å². The first-order valence-corrected chi connectivity index (χ1v) is 19.4. The minimum atomic E-state index is -1.61. The molecule has 1 rings (SSSR count). The Morgan fingerprint density at radius 2 is 1.20 bits per heavy atom. The van der Waals surface area contributed by atoms with E-state index in [0.717, 1.165) is 64.2 Å². The summed E-state index contributed by atoms with van der Waals surface area (Å²) in [7, 11) is 0. The molecule has 0 aromatic heterocycles. The van der Waals surface area contributed by atoms with Gasteiger partial charge in [0.2, 0.25) is 0 Å². The summed E-state index contributed by atoms with van der Waals surface area (Å²) in [5.41, 5.74) is 0. The largest absolute Gasteiger partial charge is 0.462 e. The maximum absolute atomic E-state index is 12.6. The molecule has 0 bridgehead atoms. The summed E-state index contributed by atoms with van der Waals surface area (Å²) < 4.78 is 21.9. The van der Waals surface area contributed by atoms with E-state index in [1.807, 2.05) is 12.2 Å². The van der Waals surface area contributed by atoms with Crippen LogP contribution in [0.5, 0.6) is 0 Å². The molecule has 1 saturated heterocycles. The standard InChI is InChI=1S/C41H68O10/c1-3-5-7-9-11-13-15-17-19-21-23-25-27-29-36(43)48-32-34(33-49-41-40(47)39(46)38(45)35(31-42)51-41)50-37(44)30-28-26-24-22-20-18-16-14-12-10-8-6-4-2/h6,8,12-15,18,20,24,26,34-35,38-42,45-47H,3-5,7,9-11,16-17,19,21-23,25,27-33H2,1-2H3/b8-6-,14-12-,15-13-,20-18-,26-24-. The van der Waals surface area contributed by atoms with E-state index in [-0.39, 0.29) is 26.1 Å². The van der Waals surface area contributed by atoms with Gasteiger partial charge in [-0.25, -0.2) is 0 Å². The van der Waals surface area contributed by atoms with Crippen LogP contribution < -0.4 is 0 Å². The molecule has 1 aliphatic heterocycles. The van der Waals surface area contributed by atoms with E-state index in [1.165, 1.54) is 25.7 Å². The van der Waals surface area contributed by atoms with E-state index in [1.54, 1.807) is 0 Å². The van der Waals surface area contributed by atoms with Crippen LogP contribution in [-0.4, -0.2) is 89.0 Å². The van der Waals surface area contributed by atoms with Gasteiger partial charge in [0.1, 0.15) is 31.0 Å². The minimum Gasteiger partial charge on any atom is -0.462 e. The summed E-state index contributed by atoms with van der Waals surface area (Å²) in [6, 6.07) is 0. The van der Waals surface area contributed by atoms with Gasteiger partial charge in [-0.1, -0.05) is 113 Å². The van der Waals surface area contributed by atoms with Crippen LogP contribution in [0.3, 0.4) is 0 Å². The molecule has 6 atom stereocenters. The highest BCUT2D eigenvalue weighted by molar-refractivity contribution is 5.70. The fourth-order valence-corrected chi connectivity index (χ4v) is 5.31. The van der Waals surface area contributed by atoms with Gasteiger partial charge in [0.15, 0.2) is 12.4 Å². The molecule has 0 aromatic rings. The lowest BCUT2D eigenvalue weighted by atomic mass is 9.99. The second-order valence-corrected chi connectivity index (χ2v) is 13.0. The molecule has 6 unspecified atom stereocenters. The molecule has 0 amide bonds. The normalized spacial score (nSPS) is 21.9. The number of hydrogen-bond donors (Lipinski definition) is 4. The lowest BCUT2D eigenvalue weighted by Gasteiger charge is -2.39. The summed E-state index contributed by atoms with van der Waals surface area (Å²) in [4.78, 5) is 25.1. The lowest BCUT2D eigenvalue weighted by Crippen LogP contribution is -2.59. The summed E-state index contributed by atoms with van der Waals surface area (Å²) in [5.74, 6) is -0.919. The van der Waals surface area contributed by atoms with E-state index in [0.29, 0.717) is 12.8 Å². The van der Waals surface area contributed by atoms with Crippen LogP contribution in [0.1, 0.15) is 129 Å². The van der Waals surface area contributed by atoms with Gasteiger partial charge >= 0.3 is 11.9 Å². The monoisotopic (exact) mass is 720 g/mol. The number of esters is 2. The fraction of sp³-hybridized carbons (Fsp3) is 0.707. The number of carbonyl (C=O) groups excluding carboxylic acids is 2. The first-order valence-electron chi connectivity index (χ1n) is 19.4. The minimum absolute atomic E-state index is 0.105. The molecule has 4 N–H and O–H groups in total. The average Bonchev–Trinajstić information content (AvgIpc) is 3.13. The van der Waals surface area contributed by atoms with Crippen LogP contribution >= 0.6 is 0 Å². The number of aliphatic hydroxyl groups is 4. The zero-order valence-corrected chi connectivity index (χ0v) is 31.3. The van der Waals surface area contributed by atoms with Crippen molar-refractivity contribution < 1.29 is 49.0 Å². The lowest BCUT2D eigenvalue weighted by molar-refractivity contribution is -0.305. The molecule has 1 aliphatic rings. The van der Waals surface area contributed by atoms with Crippen LogP contribution in [0.4, 0.5) is 0 Å². The number of carbonyl (C=O) groups is 2. The SMILES string of the molecule is CC/C=C\C/C=C\C/C=C\C/C=C\CCC(=O)OC(COC(=O)CCCCCCC/C=C\CCCCCC)COC1OC(CO)C(O)C(O)C1O. The molecule has 0 aromatic carbocycles. The van der Waals surface area contributed by atoms with Gasteiger partial charge in [-0.2, -0.15) is 0 Å². The molecule has 51 heavy (non-hydrogen) atoms. The van der Waals surface area contributed by atoms with Crippen molar-refractivity contribution in [1.29, 1.82) is 0 Å². The zero-order chi connectivity index (χ0) is 37.4. The molecule has 292 valence electrons. The molecule has 1 heterocycles. The van der Waals surface area contributed by atoms with Crippen LogP contribution in [0, 0.1) is 0 Å². The van der Waals surface area contributed by atoms with Crippen molar-refractivity contribution in [2.75, 3.05) is 19.8 Å². The maximum Gasteiger partial charge on any atom is 0.306 e. The van der Waals surface area contributed by atoms with Gasteiger partial charge in [0.05, 0.1) is 13.2 Å². The van der Waals surface area contributed by atoms with Crippen molar-refractivity contribution in [3.63, 3.8) is 0 Å². The predicted octanol–water partition coefficient (Wildman–Crippen LogP) is 7.10. The van der Waals surface area contributed by atoms with Crippen LogP contribution in [0.15, 0.2) is 60.8 Å². The number of ether oxygens (including phenoxy) is 4. The van der Waals surface area contributed by atoms with Crippen LogP contribution in [0.25, 0.3) is 0 Å². The third-order valence-electron chi connectivity index (χ3n) is 8.40. The maximum atomic E-state index is 12.6. The Balaban J connectivity index is 2.46. The third kappa shape index (κ3) is 24.3. The van der Waals surface area contributed by atoms with E-state index >= 15 is 0 Å². The molecule has 10 heteroatoms. The summed E-state index contributed by atoms with van der Waals surface area (Å²) in [5, 5.41) is 39.9. The van der Waals surface area contributed by atoms with E-state index in [9.17, 15) is 30.0 Å². The molecule has 0 saturated carbocycles. The molecule has 0 radical (unpaired) electrons. The van der Waals surface area contributed by atoms with Gasteiger partial charge in [-0.15, -0.1) is 0 Å². The molecule has 0 aliphatic carbocycles. The third-order valence-corrected chi connectivity index (χ3v) is 8.40. The number of allylic oxidation sites excluding steroid dienone is 10. The first-order chi connectivity index (χ1) is 24.8. The Labute approximate surface area is 307 Å². The number of unbranched alkanes of at least 4 members (excludes halogenated alkanes) is 9. The highest BCUT2D eigenvalue weighted by Crippen LogP contribution is 2.22. The molecular formula is C41H68O10. The Morgan fingerprint density at radius 1 is 0.627 bits per heavy atom. The van der Waals surface area contributed by atoms with Crippen molar-refractivity contribution in [2.24, 2.45) is 0 Å². The Bertz CT molecular complexity index is 1020. The summed E-state index contributed by atoms with van der Waals surface area (Å²) in [6.07, 6.45) is 29.6. The van der Waals surface area contributed by atoms with Gasteiger partial charge in [-0.05, 0) is 64.2 Å². The Hall–Kier alpha value is -2.60. The van der Waals surface area contributed by atoms with Gasteiger partial charge < -0.3 is 39.4 Å². The number of aliphatic hydroxyl groups excluding tert-OH is 4. The van der Waals surface area contributed by atoms with Crippen molar-refractivity contribution in [3.05, 3.63) is 60.8 Å². The first kappa shape index (κ1) is 46.4.